The van der Waals surface area contributed by atoms with Crippen molar-refractivity contribution < 1.29 is 29.3 Å². The Morgan fingerprint density at radius 1 is 0.529 bits per heavy atom. The van der Waals surface area contributed by atoms with Crippen molar-refractivity contribution in [2.75, 3.05) is 13.2 Å². The molecule has 0 rings (SSSR count). The van der Waals surface area contributed by atoms with Crippen LogP contribution < -0.4 is 0 Å². The highest BCUT2D eigenvalue weighted by Crippen LogP contribution is 2.22. The first-order valence-electron chi connectivity index (χ1n) is 14.2. The van der Waals surface area contributed by atoms with E-state index in [-0.39, 0.29) is 13.2 Å². The summed E-state index contributed by atoms with van der Waals surface area (Å²) >= 11 is 0. The average Bonchev–Trinajstić information content (AvgIpc) is 2.80. The molecule has 0 aliphatic heterocycles. The molecule has 202 valence electrons. The number of ether oxygens (including phenoxy) is 2. The van der Waals surface area contributed by atoms with E-state index in [0.717, 1.165) is 25.7 Å². The summed E-state index contributed by atoms with van der Waals surface area (Å²) in [5, 5.41) is 18.9. The van der Waals surface area contributed by atoms with E-state index >= 15 is 0 Å². The molecular formula is C28H54O6. The molecule has 0 unspecified atom stereocenters. The third-order valence-corrected chi connectivity index (χ3v) is 6.38. The van der Waals surface area contributed by atoms with E-state index < -0.39 is 24.1 Å². The molecular weight excluding hydrogens is 432 g/mol. The smallest absolute Gasteiger partial charge is 0.365 e. The minimum atomic E-state index is -2.08. The van der Waals surface area contributed by atoms with Crippen molar-refractivity contribution in [3.8, 4) is 0 Å². The highest BCUT2D eigenvalue weighted by atomic mass is 16.7. The maximum absolute atomic E-state index is 11.9. The lowest BCUT2D eigenvalue weighted by Gasteiger charge is -2.28. The van der Waals surface area contributed by atoms with Crippen molar-refractivity contribution in [3.05, 3.63) is 0 Å². The molecule has 0 heterocycles. The fourth-order valence-corrected chi connectivity index (χ4v) is 4.19. The molecule has 6 heteroatoms. The van der Waals surface area contributed by atoms with Crippen LogP contribution in [-0.2, 0) is 19.1 Å². The van der Waals surface area contributed by atoms with Crippen LogP contribution >= 0.6 is 0 Å². The number of carboxylic acid groups (broad SMARTS) is 2. The summed E-state index contributed by atoms with van der Waals surface area (Å²) in [6, 6.07) is 0. The third-order valence-electron chi connectivity index (χ3n) is 6.38. The summed E-state index contributed by atoms with van der Waals surface area (Å²) in [4.78, 5) is 23.2. The zero-order valence-corrected chi connectivity index (χ0v) is 22.3. The van der Waals surface area contributed by atoms with Crippen molar-refractivity contribution in [1.82, 2.24) is 0 Å². The van der Waals surface area contributed by atoms with E-state index in [2.05, 4.69) is 13.8 Å². The normalized spacial score (nSPS) is 11.7. The van der Waals surface area contributed by atoms with Crippen LogP contribution in [0.5, 0.6) is 0 Å². The zero-order chi connectivity index (χ0) is 25.3. The largest absolute Gasteiger partial charge is 0.481 e. The minimum Gasteiger partial charge on any atom is -0.481 e. The highest BCUT2D eigenvalue weighted by Gasteiger charge is 2.43. The van der Waals surface area contributed by atoms with Crippen LogP contribution in [0.2, 0.25) is 0 Å². The van der Waals surface area contributed by atoms with Crippen molar-refractivity contribution in [3.63, 3.8) is 0 Å². The Labute approximate surface area is 209 Å². The van der Waals surface area contributed by atoms with Gasteiger partial charge in [0.1, 0.15) is 6.42 Å². The third kappa shape index (κ3) is 19.2. The molecule has 0 bridgehead atoms. The summed E-state index contributed by atoms with van der Waals surface area (Å²) in [7, 11) is 0. The van der Waals surface area contributed by atoms with E-state index in [1.807, 2.05) is 0 Å². The topological polar surface area (TPSA) is 93.1 Å². The van der Waals surface area contributed by atoms with E-state index in [9.17, 15) is 19.8 Å². The second kappa shape index (κ2) is 23.6. The van der Waals surface area contributed by atoms with Gasteiger partial charge in [0.25, 0.3) is 5.79 Å². The molecule has 0 spiro atoms. The van der Waals surface area contributed by atoms with Crippen molar-refractivity contribution in [2.24, 2.45) is 0 Å². The van der Waals surface area contributed by atoms with Gasteiger partial charge < -0.3 is 19.7 Å². The van der Waals surface area contributed by atoms with Gasteiger partial charge in [-0.2, -0.15) is 0 Å². The fraction of sp³-hybridized carbons (Fsp3) is 0.929. The van der Waals surface area contributed by atoms with Crippen LogP contribution in [0.1, 0.15) is 149 Å². The first-order chi connectivity index (χ1) is 16.5. The average molecular weight is 487 g/mol. The summed E-state index contributed by atoms with van der Waals surface area (Å²) in [5.41, 5.74) is 0. The van der Waals surface area contributed by atoms with Gasteiger partial charge in [0.05, 0.1) is 13.2 Å². The predicted molar refractivity (Wildman–Crippen MR) is 138 cm³/mol. The molecule has 0 amide bonds. The van der Waals surface area contributed by atoms with Gasteiger partial charge in [0.2, 0.25) is 0 Å². The van der Waals surface area contributed by atoms with Crippen LogP contribution in [0.15, 0.2) is 0 Å². The van der Waals surface area contributed by atoms with Crippen molar-refractivity contribution in [2.45, 2.75) is 154 Å². The second-order valence-corrected chi connectivity index (χ2v) is 9.69. The molecule has 0 saturated carbocycles. The molecule has 0 aromatic heterocycles. The van der Waals surface area contributed by atoms with Gasteiger partial charge in [0.15, 0.2) is 0 Å². The lowest BCUT2D eigenvalue weighted by Crippen LogP contribution is -2.46. The first kappa shape index (κ1) is 32.9. The first-order valence-corrected chi connectivity index (χ1v) is 14.2. The monoisotopic (exact) mass is 486 g/mol. The molecule has 0 aliphatic carbocycles. The number of hydrogen-bond acceptors (Lipinski definition) is 4. The molecule has 0 atom stereocenters. The summed E-state index contributed by atoms with van der Waals surface area (Å²) in [6.45, 7) is 4.85. The number of hydrogen-bond donors (Lipinski definition) is 2. The number of carbonyl (C=O) groups is 2. The maximum Gasteiger partial charge on any atom is 0.365 e. The van der Waals surface area contributed by atoms with Crippen LogP contribution in [0.25, 0.3) is 0 Å². The molecule has 0 aliphatic rings. The molecule has 0 radical (unpaired) electrons. The number of carboxylic acids is 2. The standard InChI is InChI=1S/C28H54O6/c1-3-5-7-9-11-13-15-17-19-21-23-33-28(27(31)32,25-26(29)30)34-24-22-20-18-16-14-12-10-8-6-4-2/h3-25H2,1-2H3,(H,29,30)(H,31,32). The Morgan fingerprint density at radius 2 is 0.824 bits per heavy atom. The van der Waals surface area contributed by atoms with Crippen LogP contribution in [-0.4, -0.2) is 41.2 Å². The Hall–Kier alpha value is -1.14. The Morgan fingerprint density at radius 3 is 1.09 bits per heavy atom. The van der Waals surface area contributed by atoms with Gasteiger partial charge in [0, 0.05) is 0 Å². The van der Waals surface area contributed by atoms with Gasteiger partial charge in [-0.15, -0.1) is 0 Å². The molecule has 0 aromatic rings. The molecule has 0 aromatic carbocycles. The fourth-order valence-electron chi connectivity index (χ4n) is 4.19. The van der Waals surface area contributed by atoms with Crippen LogP contribution in [0.4, 0.5) is 0 Å². The van der Waals surface area contributed by atoms with Gasteiger partial charge in [-0.1, -0.05) is 129 Å². The van der Waals surface area contributed by atoms with Crippen molar-refractivity contribution >= 4 is 11.9 Å². The maximum atomic E-state index is 11.9. The van der Waals surface area contributed by atoms with Crippen LogP contribution in [0.3, 0.4) is 0 Å². The summed E-state index contributed by atoms with van der Waals surface area (Å²) in [6.07, 6.45) is 22.7. The summed E-state index contributed by atoms with van der Waals surface area (Å²) < 4.78 is 11.1. The Bertz CT molecular complexity index is 454. The van der Waals surface area contributed by atoms with E-state index in [0.29, 0.717) is 12.8 Å². The molecule has 2 N–H and O–H groups in total. The lowest BCUT2D eigenvalue weighted by molar-refractivity contribution is -0.248. The van der Waals surface area contributed by atoms with E-state index in [1.54, 1.807) is 0 Å². The predicted octanol–water partition coefficient (Wildman–Crippen LogP) is 8.12. The molecule has 34 heavy (non-hydrogen) atoms. The molecule has 0 fully saturated rings. The number of aliphatic carboxylic acids is 2. The van der Waals surface area contributed by atoms with Gasteiger partial charge in [-0.25, -0.2) is 4.79 Å². The summed E-state index contributed by atoms with van der Waals surface area (Å²) in [5.74, 6) is -4.66. The molecule has 0 saturated heterocycles. The van der Waals surface area contributed by atoms with E-state index in [4.69, 9.17) is 9.47 Å². The Balaban J connectivity index is 4.07. The van der Waals surface area contributed by atoms with Crippen molar-refractivity contribution in [1.29, 1.82) is 0 Å². The molecule has 6 nitrogen and oxygen atoms in total. The zero-order valence-electron chi connectivity index (χ0n) is 22.3. The number of rotatable bonds is 27. The Kier molecular flexibility index (Phi) is 22.8. The minimum absolute atomic E-state index is 0.202. The number of unbranched alkanes of at least 4 members (excludes halogenated alkanes) is 18. The highest BCUT2D eigenvalue weighted by molar-refractivity contribution is 5.82. The van der Waals surface area contributed by atoms with Crippen LogP contribution in [0, 0.1) is 0 Å². The van der Waals surface area contributed by atoms with Gasteiger partial charge >= 0.3 is 11.9 Å². The quantitative estimate of drug-likeness (QED) is 0.0899. The van der Waals surface area contributed by atoms with Gasteiger partial charge in [-0.3, -0.25) is 4.79 Å². The second-order valence-electron chi connectivity index (χ2n) is 9.69. The van der Waals surface area contributed by atoms with Gasteiger partial charge in [-0.05, 0) is 12.8 Å². The lowest BCUT2D eigenvalue weighted by atomic mass is 10.1. The van der Waals surface area contributed by atoms with E-state index in [1.165, 1.54) is 89.9 Å². The SMILES string of the molecule is CCCCCCCCCCCCOC(CC(=O)O)(OCCCCCCCCCCCC)C(=O)O.